The molecule has 33 heavy (non-hydrogen) atoms. The molecule has 9 heteroatoms. The fourth-order valence-electron chi connectivity index (χ4n) is 4.13. The predicted octanol–water partition coefficient (Wildman–Crippen LogP) is 3.28. The fourth-order valence-corrected chi connectivity index (χ4v) is 4.41. The minimum absolute atomic E-state index is 0.166. The Morgan fingerprint density at radius 1 is 1.12 bits per heavy atom. The van der Waals surface area contributed by atoms with Crippen LogP contribution in [0.4, 0.5) is 11.6 Å². The van der Waals surface area contributed by atoms with Gasteiger partial charge in [0, 0.05) is 43.5 Å². The molecule has 0 atom stereocenters. The minimum atomic E-state index is 0.166. The number of hydrogen-bond acceptors (Lipinski definition) is 8. The largest absolute Gasteiger partial charge is 0.495 e. The Kier molecular flexibility index (Phi) is 7.45. The molecule has 1 fully saturated rings. The molecule has 4 rings (SSSR count). The number of aliphatic hydroxyl groups excluding tert-OH is 1. The molecule has 1 saturated heterocycles. The van der Waals surface area contributed by atoms with Crippen LogP contribution in [-0.4, -0.2) is 66.6 Å². The van der Waals surface area contributed by atoms with Crippen molar-refractivity contribution in [2.45, 2.75) is 13.0 Å². The van der Waals surface area contributed by atoms with Crippen molar-refractivity contribution in [1.82, 2.24) is 15.1 Å². The standard InChI is InChI=1S/C24H27ClN6O2/c1-33-22-6-4-18(14-21(22)25)16-27-23-20-13-17(15-26)3-5-19(20)24(29-28-23)31-8-2-7-30(9-10-31)11-12-32/h3-6,13-14,32H,2,7-12,16H2,1H3,(H,27,28). The fraction of sp³-hybridized carbons (Fsp3) is 0.375. The average molecular weight is 467 g/mol. The number of anilines is 2. The molecular formula is C24H27ClN6O2. The summed E-state index contributed by atoms with van der Waals surface area (Å²) in [5.74, 6) is 2.07. The third-order valence-electron chi connectivity index (χ3n) is 5.87. The Hall–Kier alpha value is -3.12. The van der Waals surface area contributed by atoms with Crippen LogP contribution in [0.1, 0.15) is 17.5 Å². The summed E-state index contributed by atoms with van der Waals surface area (Å²) >= 11 is 6.26. The highest BCUT2D eigenvalue weighted by atomic mass is 35.5. The number of nitrogens with zero attached hydrogens (tertiary/aromatic N) is 5. The van der Waals surface area contributed by atoms with Crippen molar-refractivity contribution < 1.29 is 9.84 Å². The summed E-state index contributed by atoms with van der Waals surface area (Å²) < 4.78 is 5.22. The topological polar surface area (TPSA) is 97.5 Å². The maximum absolute atomic E-state index is 9.44. The molecule has 0 saturated carbocycles. The number of β-amino-alcohol motifs (C(OH)–C–C–N with tert-alkyl or cyclic N) is 1. The molecule has 2 N–H and O–H groups in total. The maximum atomic E-state index is 9.44. The second-order valence-electron chi connectivity index (χ2n) is 7.97. The molecular weight excluding hydrogens is 440 g/mol. The SMILES string of the molecule is COc1ccc(CNc2nnc(N3CCCN(CCO)CC3)c3ccc(C#N)cc23)cc1Cl. The highest BCUT2D eigenvalue weighted by Crippen LogP contribution is 2.31. The van der Waals surface area contributed by atoms with Gasteiger partial charge in [0.05, 0.1) is 30.4 Å². The molecule has 0 unspecified atom stereocenters. The smallest absolute Gasteiger partial charge is 0.159 e. The van der Waals surface area contributed by atoms with Crippen LogP contribution in [-0.2, 0) is 6.54 Å². The van der Waals surface area contributed by atoms with Gasteiger partial charge in [-0.2, -0.15) is 5.26 Å². The molecule has 0 aliphatic carbocycles. The summed E-state index contributed by atoms with van der Waals surface area (Å²) in [4.78, 5) is 4.51. The van der Waals surface area contributed by atoms with Crippen LogP contribution in [0, 0.1) is 11.3 Å². The zero-order chi connectivity index (χ0) is 23.2. The highest BCUT2D eigenvalue weighted by molar-refractivity contribution is 6.32. The number of halogens is 1. The zero-order valence-electron chi connectivity index (χ0n) is 18.6. The van der Waals surface area contributed by atoms with E-state index in [0.29, 0.717) is 35.2 Å². The van der Waals surface area contributed by atoms with Crippen LogP contribution in [0.2, 0.25) is 5.02 Å². The van der Waals surface area contributed by atoms with E-state index in [1.54, 1.807) is 7.11 Å². The van der Waals surface area contributed by atoms with Crippen molar-refractivity contribution in [2.24, 2.45) is 0 Å². The Morgan fingerprint density at radius 2 is 2.00 bits per heavy atom. The molecule has 0 bridgehead atoms. The van der Waals surface area contributed by atoms with Gasteiger partial charge in [0.15, 0.2) is 11.6 Å². The number of fused-ring (bicyclic) bond motifs is 1. The first-order valence-corrected chi connectivity index (χ1v) is 11.4. The van der Waals surface area contributed by atoms with Gasteiger partial charge in [-0.15, -0.1) is 10.2 Å². The maximum Gasteiger partial charge on any atom is 0.159 e. The minimum Gasteiger partial charge on any atom is -0.495 e. The number of hydrogen-bond donors (Lipinski definition) is 2. The second-order valence-corrected chi connectivity index (χ2v) is 8.38. The Bertz CT molecular complexity index is 1170. The lowest BCUT2D eigenvalue weighted by atomic mass is 10.1. The first kappa shape index (κ1) is 23.1. The van der Waals surface area contributed by atoms with Crippen LogP contribution < -0.4 is 15.0 Å². The third-order valence-corrected chi connectivity index (χ3v) is 6.17. The molecule has 1 aliphatic rings. The van der Waals surface area contributed by atoms with Gasteiger partial charge in [0.2, 0.25) is 0 Å². The first-order chi connectivity index (χ1) is 16.1. The summed E-state index contributed by atoms with van der Waals surface area (Å²) in [6.07, 6.45) is 0.984. The molecule has 0 amide bonds. The van der Waals surface area contributed by atoms with E-state index >= 15 is 0 Å². The number of aromatic nitrogens is 2. The van der Waals surface area contributed by atoms with Crippen molar-refractivity contribution in [3.8, 4) is 11.8 Å². The summed E-state index contributed by atoms with van der Waals surface area (Å²) in [7, 11) is 1.59. The lowest BCUT2D eigenvalue weighted by molar-refractivity contribution is 0.204. The molecule has 2 heterocycles. The van der Waals surface area contributed by atoms with Crippen LogP contribution >= 0.6 is 11.6 Å². The van der Waals surface area contributed by atoms with Crippen LogP contribution in [0.15, 0.2) is 36.4 Å². The molecule has 1 aliphatic heterocycles. The second kappa shape index (κ2) is 10.7. The van der Waals surface area contributed by atoms with Gasteiger partial charge in [-0.05, 0) is 48.9 Å². The van der Waals surface area contributed by atoms with E-state index in [-0.39, 0.29) is 6.61 Å². The van der Waals surface area contributed by atoms with Gasteiger partial charge < -0.3 is 20.1 Å². The Morgan fingerprint density at radius 3 is 2.76 bits per heavy atom. The lowest BCUT2D eigenvalue weighted by Crippen LogP contribution is -2.33. The summed E-state index contributed by atoms with van der Waals surface area (Å²) in [6, 6.07) is 13.5. The Labute approximate surface area is 198 Å². The Balaban J connectivity index is 1.62. The van der Waals surface area contributed by atoms with E-state index in [9.17, 15) is 10.4 Å². The van der Waals surface area contributed by atoms with Gasteiger partial charge in [0.25, 0.3) is 0 Å². The van der Waals surface area contributed by atoms with Crippen molar-refractivity contribution in [2.75, 3.05) is 56.7 Å². The van der Waals surface area contributed by atoms with Gasteiger partial charge in [-0.3, -0.25) is 4.90 Å². The van der Waals surface area contributed by atoms with Crippen molar-refractivity contribution in [3.05, 3.63) is 52.5 Å². The van der Waals surface area contributed by atoms with Crippen molar-refractivity contribution in [1.29, 1.82) is 5.26 Å². The number of nitriles is 1. The van der Waals surface area contributed by atoms with Crippen LogP contribution in [0.5, 0.6) is 5.75 Å². The van der Waals surface area contributed by atoms with Crippen LogP contribution in [0.3, 0.4) is 0 Å². The van der Waals surface area contributed by atoms with Crippen LogP contribution in [0.25, 0.3) is 10.8 Å². The zero-order valence-corrected chi connectivity index (χ0v) is 19.3. The number of rotatable bonds is 7. The molecule has 1 aromatic heterocycles. The van der Waals surface area contributed by atoms with Gasteiger partial charge in [-0.1, -0.05) is 17.7 Å². The van der Waals surface area contributed by atoms with E-state index < -0.39 is 0 Å². The molecule has 172 valence electrons. The number of ether oxygens (including phenoxy) is 1. The summed E-state index contributed by atoms with van der Waals surface area (Å²) in [5.41, 5.74) is 1.55. The third kappa shape index (κ3) is 5.28. The number of nitrogens with one attached hydrogen (secondary N) is 1. The lowest BCUT2D eigenvalue weighted by Gasteiger charge is -2.24. The van der Waals surface area contributed by atoms with E-state index in [1.807, 2.05) is 36.4 Å². The van der Waals surface area contributed by atoms with Gasteiger partial charge >= 0.3 is 0 Å². The van der Waals surface area contributed by atoms with E-state index in [4.69, 9.17) is 16.3 Å². The molecule has 2 aromatic carbocycles. The normalized spacial score (nSPS) is 14.7. The average Bonchev–Trinajstić information content (AvgIpc) is 3.08. The number of benzene rings is 2. The monoisotopic (exact) mass is 466 g/mol. The van der Waals surface area contributed by atoms with E-state index in [2.05, 4.69) is 31.4 Å². The molecule has 0 spiro atoms. The summed E-state index contributed by atoms with van der Waals surface area (Å²) in [6.45, 7) is 4.83. The number of methoxy groups -OCH3 is 1. The van der Waals surface area contributed by atoms with Gasteiger partial charge in [0.1, 0.15) is 5.75 Å². The van der Waals surface area contributed by atoms with Gasteiger partial charge in [-0.25, -0.2) is 0 Å². The highest BCUT2D eigenvalue weighted by Gasteiger charge is 2.20. The van der Waals surface area contributed by atoms with Crippen molar-refractivity contribution >= 4 is 34.0 Å². The number of aliphatic hydroxyl groups is 1. The van der Waals surface area contributed by atoms with E-state index in [1.165, 1.54) is 0 Å². The molecule has 0 radical (unpaired) electrons. The molecule has 3 aromatic rings. The first-order valence-electron chi connectivity index (χ1n) is 11.0. The van der Waals surface area contributed by atoms with Crippen molar-refractivity contribution in [3.63, 3.8) is 0 Å². The quantitative estimate of drug-likeness (QED) is 0.547. The molecule has 8 nitrogen and oxygen atoms in total. The summed E-state index contributed by atoms with van der Waals surface area (Å²) in [5, 5.41) is 33.5. The van der Waals surface area contributed by atoms with E-state index in [0.717, 1.165) is 54.8 Å². The predicted molar refractivity (Wildman–Crippen MR) is 130 cm³/mol.